The Kier molecular flexibility index (Phi) is 8.24. The van der Waals surface area contributed by atoms with E-state index in [-0.39, 0.29) is 24.0 Å². The molecule has 168 valence electrons. The Balaban J connectivity index is 0.00000272. The molecule has 4 rings (SSSR count). The van der Waals surface area contributed by atoms with Crippen molar-refractivity contribution in [3.05, 3.63) is 60.3 Å². The van der Waals surface area contributed by atoms with Crippen LogP contribution in [0.5, 0.6) is 11.5 Å². The molecule has 0 spiro atoms. The lowest BCUT2D eigenvalue weighted by atomic mass is 9.94. The van der Waals surface area contributed by atoms with E-state index < -0.39 is 0 Å². The van der Waals surface area contributed by atoms with Crippen molar-refractivity contribution in [1.29, 1.82) is 0 Å². The molecule has 0 radical (unpaired) electrons. The third-order valence-electron chi connectivity index (χ3n) is 5.57. The van der Waals surface area contributed by atoms with Crippen LogP contribution in [-0.2, 0) is 11.2 Å². The average Bonchev–Trinajstić information content (AvgIpc) is 3.41. The quantitative estimate of drug-likeness (QED) is 0.425. The van der Waals surface area contributed by atoms with Crippen LogP contribution >= 0.6 is 12.4 Å². The van der Waals surface area contributed by atoms with Gasteiger partial charge in [-0.15, -0.1) is 12.4 Å². The Morgan fingerprint density at radius 2 is 1.81 bits per heavy atom. The third-order valence-corrected chi connectivity index (χ3v) is 5.57. The van der Waals surface area contributed by atoms with Gasteiger partial charge < -0.3 is 24.5 Å². The summed E-state index contributed by atoms with van der Waals surface area (Å²) in [6.45, 7) is 7.22. The number of rotatable bonds is 10. The molecule has 2 heterocycles. The van der Waals surface area contributed by atoms with Gasteiger partial charge in [0, 0.05) is 35.8 Å². The smallest absolute Gasteiger partial charge is 0.161 e. The van der Waals surface area contributed by atoms with Gasteiger partial charge in [-0.05, 0) is 56.9 Å². The van der Waals surface area contributed by atoms with Gasteiger partial charge in [-0.1, -0.05) is 30.3 Å². The van der Waals surface area contributed by atoms with Gasteiger partial charge in [0.15, 0.2) is 11.5 Å². The van der Waals surface area contributed by atoms with E-state index in [2.05, 4.69) is 54.6 Å². The van der Waals surface area contributed by atoms with Crippen molar-refractivity contribution in [1.82, 2.24) is 10.3 Å². The summed E-state index contributed by atoms with van der Waals surface area (Å²) in [4.78, 5) is 3.36. The molecule has 1 saturated heterocycles. The molecule has 6 heteroatoms. The number of nitrogens with one attached hydrogen (secondary N) is 2. The molecule has 0 saturated carbocycles. The second-order valence-electron chi connectivity index (χ2n) is 8.59. The van der Waals surface area contributed by atoms with Crippen LogP contribution in [-0.4, -0.2) is 43.0 Å². The summed E-state index contributed by atoms with van der Waals surface area (Å²) in [5, 5.41) is 4.92. The van der Waals surface area contributed by atoms with Crippen LogP contribution in [0.2, 0.25) is 0 Å². The van der Waals surface area contributed by atoms with Crippen LogP contribution in [0, 0.1) is 0 Å². The predicted octanol–water partition coefficient (Wildman–Crippen LogP) is 5.14. The third kappa shape index (κ3) is 6.39. The second kappa shape index (κ2) is 10.9. The Morgan fingerprint density at radius 1 is 1.06 bits per heavy atom. The first kappa shape index (κ1) is 23.5. The molecule has 1 atom stereocenters. The maximum atomic E-state index is 6.02. The standard InChI is InChI=1S/C25H32N2O3.ClH/c1-25(2,16-19-17-26-22-10-4-3-9-21(19)22)27-13-15-29-23-11-5-6-12-24(23)30-18-20-8-7-14-28-20;/h3-6,9-12,17,20,26-27H,7-8,13-16,18H2,1-2H3;1H. The summed E-state index contributed by atoms with van der Waals surface area (Å²) < 4.78 is 17.6. The van der Waals surface area contributed by atoms with E-state index >= 15 is 0 Å². The number of ether oxygens (including phenoxy) is 3. The van der Waals surface area contributed by atoms with E-state index in [1.165, 1.54) is 16.5 Å². The fourth-order valence-corrected chi connectivity index (χ4v) is 4.01. The van der Waals surface area contributed by atoms with E-state index in [0.717, 1.165) is 43.9 Å². The number of aromatic nitrogens is 1. The largest absolute Gasteiger partial charge is 0.488 e. The number of halogens is 1. The lowest BCUT2D eigenvalue weighted by molar-refractivity contribution is 0.0666. The molecule has 1 fully saturated rings. The molecule has 0 amide bonds. The van der Waals surface area contributed by atoms with Gasteiger partial charge in [-0.3, -0.25) is 0 Å². The highest BCUT2D eigenvalue weighted by Crippen LogP contribution is 2.27. The van der Waals surface area contributed by atoms with E-state index in [0.29, 0.717) is 13.2 Å². The van der Waals surface area contributed by atoms with Crippen LogP contribution in [0.25, 0.3) is 10.9 Å². The summed E-state index contributed by atoms with van der Waals surface area (Å²) in [6, 6.07) is 16.3. The van der Waals surface area contributed by atoms with Gasteiger partial charge in [0.25, 0.3) is 0 Å². The molecule has 31 heavy (non-hydrogen) atoms. The Bertz CT molecular complexity index is 951. The Hall–Kier alpha value is -2.21. The molecule has 1 aliphatic rings. The lowest BCUT2D eigenvalue weighted by Crippen LogP contribution is -2.43. The summed E-state index contributed by atoms with van der Waals surface area (Å²) >= 11 is 0. The summed E-state index contributed by atoms with van der Waals surface area (Å²) in [5.41, 5.74) is 2.48. The highest BCUT2D eigenvalue weighted by molar-refractivity contribution is 5.85. The zero-order valence-electron chi connectivity index (χ0n) is 18.4. The molecule has 1 aromatic heterocycles. The zero-order valence-corrected chi connectivity index (χ0v) is 19.2. The van der Waals surface area contributed by atoms with Gasteiger partial charge in [0.2, 0.25) is 0 Å². The molecule has 0 aliphatic carbocycles. The molecule has 5 nitrogen and oxygen atoms in total. The first-order chi connectivity index (χ1) is 14.6. The van der Waals surface area contributed by atoms with Gasteiger partial charge in [0.1, 0.15) is 13.2 Å². The van der Waals surface area contributed by atoms with Crippen LogP contribution in [0.4, 0.5) is 0 Å². The van der Waals surface area contributed by atoms with Crippen molar-refractivity contribution < 1.29 is 14.2 Å². The second-order valence-corrected chi connectivity index (χ2v) is 8.59. The topological polar surface area (TPSA) is 55.5 Å². The van der Waals surface area contributed by atoms with Crippen molar-refractivity contribution in [3.8, 4) is 11.5 Å². The normalized spacial score (nSPS) is 16.3. The maximum Gasteiger partial charge on any atom is 0.161 e. The molecule has 0 bridgehead atoms. The Morgan fingerprint density at radius 3 is 2.58 bits per heavy atom. The summed E-state index contributed by atoms with van der Waals surface area (Å²) in [7, 11) is 0. The number of fused-ring (bicyclic) bond motifs is 1. The number of para-hydroxylation sites is 3. The molecule has 1 aliphatic heterocycles. The molecule has 2 aromatic carbocycles. The SMILES string of the molecule is CC(C)(Cc1c[nH]c2ccccc12)NCCOc1ccccc1OCC1CCCO1.Cl. The van der Waals surface area contributed by atoms with E-state index in [1.54, 1.807) is 0 Å². The van der Waals surface area contributed by atoms with Crippen LogP contribution in [0.15, 0.2) is 54.7 Å². The first-order valence-electron chi connectivity index (χ1n) is 10.9. The van der Waals surface area contributed by atoms with E-state index in [9.17, 15) is 0 Å². The van der Waals surface area contributed by atoms with Crippen molar-refractivity contribution in [2.45, 2.75) is 44.8 Å². The number of hydrogen-bond donors (Lipinski definition) is 2. The number of hydrogen-bond acceptors (Lipinski definition) is 4. The predicted molar refractivity (Wildman–Crippen MR) is 128 cm³/mol. The fourth-order valence-electron chi connectivity index (χ4n) is 4.01. The summed E-state index contributed by atoms with van der Waals surface area (Å²) in [6.07, 6.45) is 5.44. The number of benzene rings is 2. The van der Waals surface area contributed by atoms with Gasteiger partial charge in [-0.25, -0.2) is 0 Å². The minimum absolute atomic E-state index is 0. The maximum absolute atomic E-state index is 6.02. The van der Waals surface area contributed by atoms with Crippen molar-refractivity contribution in [3.63, 3.8) is 0 Å². The van der Waals surface area contributed by atoms with Crippen LogP contribution < -0.4 is 14.8 Å². The Labute approximate surface area is 190 Å². The minimum Gasteiger partial charge on any atom is -0.488 e. The highest BCUT2D eigenvalue weighted by Gasteiger charge is 2.20. The van der Waals surface area contributed by atoms with Gasteiger partial charge in [-0.2, -0.15) is 0 Å². The molecule has 1 unspecified atom stereocenters. The average molecular weight is 445 g/mol. The van der Waals surface area contributed by atoms with Gasteiger partial charge in [0.05, 0.1) is 6.10 Å². The van der Waals surface area contributed by atoms with Crippen molar-refractivity contribution in [2.24, 2.45) is 0 Å². The van der Waals surface area contributed by atoms with Crippen LogP contribution in [0.3, 0.4) is 0 Å². The number of H-pyrrole nitrogens is 1. The van der Waals surface area contributed by atoms with E-state index in [1.807, 2.05) is 24.3 Å². The van der Waals surface area contributed by atoms with Crippen molar-refractivity contribution in [2.75, 3.05) is 26.4 Å². The van der Waals surface area contributed by atoms with Crippen LogP contribution in [0.1, 0.15) is 32.3 Å². The van der Waals surface area contributed by atoms with E-state index in [4.69, 9.17) is 14.2 Å². The summed E-state index contributed by atoms with van der Waals surface area (Å²) in [5.74, 6) is 1.57. The molecule has 3 aromatic rings. The number of aromatic amines is 1. The molecular formula is C25H33ClN2O3. The highest BCUT2D eigenvalue weighted by atomic mass is 35.5. The molecule has 2 N–H and O–H groups in total. The molecular weight excluding hydrogens is 412 g/mol. The monoisotopic (exact) mass is 444 g/mol. The minimum atomic E-state index is -0.0375. The van der Waals surface area contributed by atoms with Gasteiger partial charge >= 0.3 is 0 Å². The van der Waals surface area contributed by atoms with Crippen molar-refractivity contribution >= 4 is 23.3 Å². The lowest BCUT2D eigenvalue weighted by Gasteiger charge is -2.26. The fraction of sp³-hybridized carbons (Fsp3) is 0.440. The first-order valence-corrected chi connectivity index (χ1v) is 10.9. The zero-order chi connectivity index (χ0) is 20.8.